The molecule has 0 heterocycles. The minimum atomic E-state index is -3.78. The Hall–Kier alpha value is -1.01. The van der Waals surface area contributed by atoms with Gasteiger partial charge >= 0.3 is 0 Å². The van der Waals surface area contributed by atoms with Gasteiger partial charge in [-0.15, -0.1) is 0 Å². The third kappa shape index (κ3) is 3.55. The number of benzene rings is 1. The van der Waals surface area contributed by atoms with Gasteiger partial charge in [-0.3, -0.25) is 0 Å². The average Bonchev–Trinajstić information content (AvgIpc) is 2.42. The van der Waals surface area contributed by atoms with Crippen molar-refractivity contribution < 1.29 is 17.2 Å². The van der Waals surface area contributed by atoms with E-state index < -0.39 is 21.7 Å². The number of halogens is 2. The lowest BCUT2D eigenvalue weighted by Gasteiger charge is -2.28. The van der Waals surface area contributed by atoms with Crippen molar-refractivity contribution in [2.45, 2.75) is 50.0 Å². The van der Waals surface area contributed by atoms with Gasteiger partial charge in [0.1, 0.15) is 0 Å². The molecule has 0 bridgehead atoms. The van der Waals surface area contributed by atoms with E-state index in [1.54, 1.807) is 0 Å². The van der Waals surface area contributed by atoms with Crippen LogP contribution in [0.2, 0.25) is 0 Å². The smallest absolute Gasteiger partial charge is 0.208 e. The second-order valence-corrected chi connectivity index (χ2v) is 7.04. The van der Waals surface area contributed by atoms with Crippen LogP contribution >= 0.6 is 0 Å². The van der Waals surface area contributed by atoms with E-state index in [4.69, 9.17) is 0 Å². The van der Waals surface area contributed by atoms with Crippen LogP contribution in [0.15, 0.2) is 23.1 Å². The van der Waals surface area contributed by atoms with Crippen LogP contribution < -0.4 is 4.72 Å². The SMILES string of the molecule is CCC1CCC(NS(=O)(=O)c2ccc(F)c(F)c2)CC1. The normalized spacial score (nSPS) is 23.8. The van der Waals surface area contributed by atoms with Gasteiger partial charge in [-0.1, -0.05) is 13.3 Å². The van der Waals surface area contributed by atoms with Crippen LogP contribution in [0.4, 0.5) is 8.78 Å². The molecule has 3 nitrogen and oxygen atoms in total. The van der Waals surface area contributed by atoms with Crippen molar-refractivity contribution in [1.82, 2.24) is 4.72 Å². The van der Waals surface area contributed by atoms with Crippen LogP contribution in [0, 0.1) is 17.6 Å². The lowest BCUT2D eigenvalue weighted by atomic mass is 9.85. The van der Waals surface area contributed by atoms with Crippen molar-refractivity contribution in [3.05, 3.63) is 29.8 Å². The summed E-state index contributed by atoms with van der Waals surface area (Å²) in [5.41, 5.74) is 0. The van der Waals surface area contributed by atoms with E-state index in [1.165, 1.54) is 0 Å². The van der Waals surface area contributed by atoms with Crippen LogP contribution in [0.25, 0.3) is 0 Å². The zero-order chi connectivity index (χ0) is 14.8. The lowest BCUT2D eigenvalue weighted by Crippen LogP contribution is -2.37. The first-order valence-electron chi connectivity index (χ1n) is 6.89. The Balaban J connectivity index is 2.06. The molecule has 1 fully saturated rings. The zero-order valence-corrected chi connectivity index (χ0v) is 12.2. The van der Waals surface area contributed by atoms with Crippen LogP contribution in [0.5, 0.6) is 0 Å². The van der Waals surface area contributed by atoms with E-state index in [2.05, 4.69) is 11.6 Å². The molecule has 0 aromatic heterocycles. The fourth-order valence-electron chi connectivity index (χ4n) is 2.62. The van der Waals surface area contributed by atoms with Gasteiger partial charge in [0.25, 0.3) is 0 Å². The third-order valence-electron chi connectivity index (χ3n) is 3.95. The Morgan fingerprint density at radius 1 is 1.15 bits per heavy atom. The Labute approximate surface area is 118 Å². The molecule has 1 aliphatic rings. The van der Waals surface area contributed by atoms with Gasteiger partial charge in [-0.25, -0.2) is 21.9 Å². The summed E-state index contributed by atoms with van der Waals surface area (Å²) >= 11 is 0. The first kappa shape index (κ1) is 15.4. The van der Waals surface area contributed by atoms with E-state index in [-0.39, 0.29) is 10.9 Å². The molecular weight excluding hydrogens is 284 g/mol. The summed E-state index contributed by atoms with van der Waals surface area (Å²) < 4.78 is 52.8. The molecule has 20 heavy (non-hydrogen) atoms. The first-order chi connectivity index (χ1) is 9.42. The number of hydrogen-bond donors (Lipinski definition) is 1. The highest BCUT2D eigenvalue weighted by atomic mass is 32.2. The maximum absolute atomic E-state index is 13.1. The highest BCUT2D eigenvalue weighted by molar-refractivity contribution is 7.89. The summed E-state index contributed by atoms with van der Waals surface area (Å²) in [4.78, 5) is -0.228. The van der Waals surface area contributed by atoms with Crippen molar-refractivity contribution in [1.29, 1.82) is 0 Å². The molecule has 1 aromatic carbocycles. The fourth-order valence-corrected chi connectivity index (χ4v) is 3.94. The maximum atomic E-state index is 13.1. The topological polar surface area (TPSA) is 46.2 Å². The minimum absolute atomic E-state index is 0.115. The van der Waals surface area contributed by atoms with Crippen molar-refractivity contribution in [3.63, 3.8) is 0 Å². The number of nitrogens with one attached hydrogen (secondary N) is 1. The van der Waals surface area contributed by atoms with E-state index in [0.29, 0.717) is 5.92 Å². The van der Waals surface area contributed by atoms with Gasteiger partial charge < -0.3 is 0 Å². The second kappa shape index (κ2) is 6.18. The van der Waals surface area contributed by atoms with Gasteiger partial charge in [0.15, 0.2) is 11.6 Å². The second-order valence-electron chi connectivity index (χ2n) is 5.32. The van der Waals surface area contributed by atoms with Gasteiger partial charge in [0.05, 0.1) is 4.90 Å². The van der Waals surface area contributed by atoms with Crippen LogP contribution in [-0.2, 0) is 10.0 Å². The zero-order valence-electron chi connectivity index (χ0n) is 11.4. The predicted octanol–water partition coefficient (Wildman–Crippen LogP) is 3.21. The molecular formula is C14H19F2NO2S. The fraction of sp³-hybridized carbons (Fsp3) is 0.571. The van der Waals surface area contributed by atoms with Gasteiger partial charge in [-0.2, -0.15) is 0 Å². The molecule has 0 saturated heterocycles. The summed E-state index contributed by atoms with van der Waals surface area (Å²) in [6, 6.07) is 2.52. The third-order valence-corrected chi connectivity index (χ3v) is 5.47. The van der Waals surface area contributed by atoms with E-state index in [9.17, 15) is 17.2 Å². The van der Waals surface area contributed by atoms with Gasteiger partial charge in [0.2, 0.25) is 10.0 Å². The van der Waals surface area contributed by atoms with Crippen LogP contribution in [-0.4, -0.2) is 14.5 Å². The average molecular weight is 303 g/mol. The highest BCUT2D eigenvalue weighted by Crippen LogP contribution is 2.27. The molecule has 1 saturated carbocycles. The molecule has 0 atom stereocenters. The standard InChI is InChI=1S/C14H19F2NO2S/c1-2-10-3-5-11(6-4-10)17-20(18,19)12-7-8-13(15)14(16)9-12/h7-11,17H,2-6H2,1H3. The molecule has 1 aromatic rings. The summed E-state index contributed by atoms with van der Waals surface area (Å²) in [6.45, 7) is 2.14. The molecule has 112 valence electrons. The molecule has 1 N–H and O–H groups in total. The van der Waals surface area contributed by atoms with Crippen molar-refractivity contribution in [2.75, 3.05) is 0 Å². The monoisotopic (exact) mass is 303 g/mol. The quantitative estimate of drug-likeness (QED) is 0.928. The molecule has 6 heteroatoms. The van der Waals surface area contributed by atoms with Crippen LogP contribution in [0.3, 0.4) is 0 Å². The molecule has 2 rings (SSSR count). The molecule has 0 amide bonds. The molecule has 1 aliphatic carbocycles. The van der Waals surface area contributed by atoms with E-state index in [0.717, 1.165) is 50.3 Å². The highest BCUT2D eigenvalue weighted by Gasteiger charge is 2.25. The Kier molecular flexibility index (Phi) is 4.75. The van der Waals surface area contributed by atoms with Crippen molar-refractivity contribution >= 4 is 10.0 Å². The number of hydrogen-bond acceptors (Lipinski definition) is 2. The Morgan fingerprint density at radius 3 is 2.35 bits per heavy atom. The van der Waals surface area contributed by atoms with Gasteiger partial charge in [-0.05, 0) is 49.8 Å². The molecule has 0 aliphatic heterocycles. The molecule has 0 unspecified atom stereocenters. The Bertz CT molecular complexity index is 567. The molecule has 0 radical (unpaired) electrons. The lowest BCUT2D eigenvalue weighted by molar-refractivity contribution is 0.306. The number of rotatable bonds is 4. The van der Waals surface area contributed by atoms with Crippen LogP contribution in [0.1, 0.15) is 39.0 Å². The summed E-state index contributed by atoms with van der Waals surface area (Å²) in [6.07, 6.45) is 4.70. The van der Waals surface area contributed by atoms with Crippen molar-refractivity contribution in [3.8, 4) is 0 Å². The largest absolute Gasteiger partial charge is 0.240 e. The number of sulfonamides is 1. The predicted molar refractivity (Wildman–Crippen MR) is 72.7 cm³/mol. The first-order valence-corrected chi connectivity index (χ1v) is 8.38. The van der Waals surface area contributed by atoms with E-state index >= 15 is 0 Å². The summed E-state index contributed by atoms with van der Waals surface area (Å²) in [5, 5.41) is 0. The van der Waals surface area contributed by atoms with Crippen molar-refractivity contribution in [2.24, 2.45) is 5.92 Å². The molecule has 0 spiro atoms. The van der Waals surface area contributed by atoms with Gasteiger partial charge in [0, 0.05) is 6.04 Å². The minimum Gasteiger partial charge on any atom is -0.208 e. The maximum Gasteiger partial charge on any atom is 0.240 e. The summed E-state index contributed by atoms with van der Waals surface area (Å²) in [7, 11) is -3.78. The van der Waals surface area contributed by atoms with E-state index in [1.807, 2.05) is 0 Å². The summed E-state index contributed by atoms with van der Waals surface area (Å²) in [5.74, 6) is -1.53. The Morgan fingerprint density at radius 2 is 1.80 bits per heavy atom.